The first-order valence-electron chi connectivity index (χ1n) is 5.32. The summed E-state index contributed by atoms with van der Waals surface area (Å²) in [6, 6.07) is 5.72. The van der Waals surface area contributed by atoms with Crippen LogP contribution in [-0.4, -0.2) is 24.5 Å². The molecule has 0 atom stereocenters. The van der Waals surface area contributed by atoms with Crippen LogP contribution in [0.5, 0.6) is 0 Å². The fourth-order valence-corrected chi connectivity index (χ4v) is 2.09. The van der Waals surface area contributed by atoms with Gasteiger partial charge in [-0.3, -0.25) is 9.89 Å². The number of amides is 1. The maximum Gasteiger partial charge on any atom is 0.259 e. The number of hydrogen-bond acceptors (Lipinski definition) is 4. The maximum atomic E-state index is 11.9. The van der Waals surface area contributed by atoms with Gasteiger partial charge in [0.15, 0.2) is 0 Å². The van der Waals surface area contributed by atoms with Crippen molar-refractivity contribution in [2.45, 2.75) is 11.8 Å². The number of rotatable bonds is 3. The molecule has 0 bridgehead atoms. The van der Waals surface area contributed by atoms with E-state index >= 15 is 0 Å². The molecule has 2 aromatic rings. The average molecular weight is 280 g/mol. The number of carbonyl (C=O) groups is 1. The maximum absolute atomic E-state index is 11.9. The molecule has 0 spiro atoms. The highest BCUT2D eigenvalue weighted by atomic mass is 32.2. The van der Waals surface area contributed by atoms with Crippen LogP contribution in [0.3, 0.4) is 0 Å². The van der Waals surface area contributed by atoms with Crippen LogP contribution >= 0.6 is 0 Å². The Balaban J connectivity index is 2.25. The van der Waals surface area contributed by atoms with Crippen LogP contribution in [0.2, 0.25) is 0 Å². The highest BCUT2D eigenvalue weighted by molar-refractivity contribution is 7.89. The van der Waals surface area contributed by atoms with Crippen LogP contribution in [0.15, 0.2) is 35.4 Å². The molecular weight excluding hydrogens is 268 g/mol. The van der Waals surface area contributed by atoms with E-state index in [0.29, 0.717) is 16.9 Å². The molecule has 4 N–H and O–H groups in total. The summed E-state index contributed by atoms with van der Waals surface area (Å²) < 4.78 is 22.4. The fourth-order valence-electron chi connectivity index (χ4n) is 1.53. The van der Waals surface area contributed by atoms with E-state index in [2.05, 4.69) is 15.5 Å². The summed E-state index contributed by atoms with van der Waals surface area (Å²) in [4.78, 5) is 11.8. The second-order valence-electron chi connectivity index (χ2n) is 3.94. The van der Waals surface area contributed by atoms with E-state index in [4.69, 9.17) is 5.14 Å². The van der Waals surface area contributed by atoms with Crippen LogP contribution in [-0.2, 0) is 10.0 Å². The summed E-state index contributed by atoms with van der Waals surface area (Å²) in [6.45, 7) is 1.71. The normalized spacial score (nSPS) is 11.3. The van der Waals surface area contributed by atoms with E-state index in [9.17, 15) is 13.2 Å². The summed E-state index contributed by atoms with van der Waals surface area (Å²) in [5, 5.41) is 14.0. The molecule has 7 nitrogen and oxygen atoms in total. The number of nitrogens with one attached hydrogen (secondary N) is 2. The smallest absolute Gasteiger partial charge is 0.259 e. The Morgan fingerprint density at radius 1 is 1.42 bits per heavy atom. The van der Waals surface area contributed by atoms with Gasteiger partial charge in [-0.05, 0) is 25.1 Å². The van der Waals surface area contributed by atoms with Crippen LogP contribution in [0.1, 0.15) is 16.1 Å². The fraction of sp³-hybridized carbons (Fsp3) is 0.0909. The number of aromatic amines is 1. The molecule has 0 unspecified atom stereocenters. The Labute approximate surface area is 109 Å². The van der Waals surface area contributed by atoms with Crippen molar-refractivity contribution >= 4 is 21.6 Å². The van der Waals surface area contributed by atoms with Crippen molar-refractivity contribution < 1.29 is 13.2 Å². The lowest BCUT2D eigenvalue weighted by Crippen LogP contribution is -2.15. The van der Waals surface area contributed by atoms with Crippen molar-refractivity contribution in [3.63, 3.8) is 0 Å². The number of benzene rings is 1. The minimum absolute atomic E-state index is 0.0609. The number of hydrogen-bond donors (Lipinski definition) is 3. The molecule has 0 saturated carbocycles. The first kappa shape index (κ1) is 13.2. The predicted octanol–water partition coefficient (Wildman–Crippen LogP) is 0.618. The number of H-pyrrole nitrogens is 1. The Hall–Kier alpha value is -2.19. The Kier molecular flexibility index (Phi) is 3.36. The summed E-state index contributed by atoms with van der Waals surface area (Å²) in [6.07, 6.45) is 1.40. The van der Waals surface area contributed by atoms with E-state index in [1.54, 1.807) is 13.0 Å². The van der Waals surface area contributed by atoms with Gasteiger partial charge in [0.1, 0.15) is 0 Å². The van der Waals surface area contributed by atoms with E-state index in [1.807, 2.05) is 0 Å². The molecular formula is C11H12N4O3S. The topological polar surface area (TPSA) is 118 Å². The molecule has 0 aliphatic heterocycles. The molecule has 8 heteroatoms. The van der Waals surface area contributed by atoms with E-state index in [0.717, 1.165) is 0 Å². The van der Waals surface area contributed by atoms with Gasteiger partial charge in [-0.2, -0.15) is 5.10 Å². The molecule has 0 fully saturated rings. The summed E-state index contributed by atoms with van der Waals surface area (Å²) in [5.41, 5.74) is 1.36. The third kappa shape index (κ3) is 2.98. The predicted molar refractivity (Wildman–Crippen MR) is 69.1 cm³/mol. The Morgan fingerprint density at radius 2 is 2.16 bits per heavy atom. The monoisotopic (exact) mass is 280 g/mol. The van der Waals surface area contributed by atoms with Gasteiger partial charge in [-0.15, -0.1) is 0 Å². The van der Waals surface area contributed by atoms with Gasteiger partial charge >= 0.3 is 0 Å². The Bertz CT molecular complexity index is 721. The lowest BCUT2D eigenvalue weighted by Gasteiger charge is -2.06. The Morgan fingerprint density at radius 3 is 2.74 bits per heavy atom. The van der Waals surface area contributed by atoms with Gasteiger partial charge in [0.2, 0.25) is 10.0 Å². The zero-order valence-corrected chi connectivity index (χ0v) is 10.9. The highest BCUT2D eigenvalue weighted by Gasteiger charge is 2.13. The number of aromatic nitrogens is 2. The number of nitrogens with zero attached hydrogens (tertiary/aromatic N) is 1. The number of aryl methyl sites for hydroxylation is 1. The lowest BCUT2D eigenvalue weighted by atomic mass is 10.2. The van der Waals surface area contributed by atoms with E-state index in [1.165, 1.54) is 24.4 Å². The molecule has 19 heavy (non-hydrogen) atoms. The van der Waals surface area contributed by atoms with Crippen LogP contribution < -0.4 is 10.5 Å². The molecule has 1 amide bonds. The number of sulfonamides is 1. The number of nitrogens with two attached hydrogens (primary N) is 1. The minimum atomic E-state index is -3.79. The molecule has 0 aliphatic rings. The quantitative estimate of drug-likeness (QED) is 0.763. The lowest BCUT2D eigenvalue weighted by molar-refractivity contribution is 0.102. The van der Waals surface area contributed by atoms with Crippen LogP contribution in [0, 0.1) is 6.92 Å². The highest BCUT2D eigenvalue weighted by Crippen LogP contribution is 2.15. The van der Waals surface area contributed by atoms with Gasteiger partial charge in [0.05, 0.1) is 16.7 Å². The molecule has 2 rings (SSSR count). The third-order valence-electron chi connectivity index (χ3n) is 2.49. The second-order valence-corrected chi connectivity index (χ2v) is 5.50. The SMILES string of the molecule is Cc1[nH]ncc1C(=O)Nc1cccc(S(N)(=O)=O)c1. The second kappa shape index (κ2) is 4.82. The molecule has 1 heterocycles. The number of anilines is 1. The zero-order valence-electron chi connectivity index (χ0n) is 10.0. The number of primary sulfonamides is 1. The largest absolute Gasteiger partial charge is 0.322 e. The first-order valence-corrected chi connectivity index (χ1v) is 6.87. The summed E-state index contributed by atoms with van der Waals surface area (Å²) in [7, 11) is -3.79. The van der Waals surface area contributed by atoms with Crippen molar-refractivity contribution in [1.82, 2.24) is 10.2 Å². The number of carbonyl (C=O) groups excluding carboxylic acids is 1. The van der Waals surface area contributed by atoms with Gasteiger partial charge < -0.3 is 5.32 Å². The molecule has 100 valence electrons. The van der Waals surface area contributed by atoms with Gasteiger partial charge in [0.25, 0.3) is 5.91 Å². The van der Waals surface area contributed by atoms with Gasteiger partial charge in [-0.25, -0.2) is 13.6 Å². The average Bonchev–Trinajstić information content (AvgIpc) is 2.75. The van der Waals surface area contributed by atoms with Crippen molar-refractivity contribution in [2.24, 2.45) is 5.14 Å². The van der Waals surface area contributed by atoms with Crippen molar-refractivity contribution in [3.05, 3.63) is 41.7 Å². The molecule has 0 aliphatic carbocycles. The van der Waals surface area contributed by atoms with Crippen LogP contribution in [0.25, 0.3) is 0 Å². The first-order chi connectivity index (χ1) is 8.88. The van der Waals surface area contributed by atoms with E-state index in [-0.39, 0.29) is 10.8 Å². The van der Waals surface area contributed by atoms with Crippen LogP contribution in [0.4, 0.5) is 5.69 Å². The summed E-state index contributed by atoms with van der Waals surface area (Å²) >= 11 is 0. The molecule has 1 aromatic heterocycles. The minimum Gasteiger partial charge on any atom is -0.322 e. The third-order valence-corrected chi connectivity index (χ3v) is 3.41. The standard InChI is InChI=1S/C11H12N4O3S/c1-7-10(6-13-15-7)11(16)14-8-3-2-4-9(5-8)19(12,17)18/h2-6H,1H3,(H,13,15)(H,14,16)(H2,12,17,18). The van der Waals surface area contributed by atoms with Crippen molar-refractivity contribution in [2.75, 3.05) is 5.32 Å². The van der Waals surface area contributed by atoms with Crippen molar-refractivity contribution in [1.29, 1.82) is 0 Å². The van der Waals surface area contributed by atoms with Crippen molar-refractivity contribution in [3.8, 4) is 0 Å². The molecule has 1 aromatic carbocycles. The summed E-state index contributed by atoms with van der Waals surface area (Å²) in [5.74, 6) is -0.377. The van der Waals surface area contributed by atoms with E-state index < -0.39 is 10.0 Å². The molecule has 0 saturated heterocycles. The molecule has 0 radical (unpaired) electrons. The van der Waals surface area contributed by atoms with Gasteiger partial charge in [-0.1, -0.05) is 6.07 Å². The zero-order chi connectivity index (χ0) is 14.0. The van der Waals surface area contributed by atoms with Gasteiger partial charge in [0, 0.05) is 11.4 Å².